The second-order valence-electron chi connectivity index (χ2n) is 40.0. The molecule has 7 saturated heterocycles. The highest BCUT2D eigenvalue weighted by Crippen LogP contribution is 2.29. The number of nitrogens with two attached hydrogens (primary N) is 1. The van der Waals surface area contributed by atoms with Crippen LogP contribution in [0.15, 0.2) is 27.5 Å². The number of rotatable bonds is 1. The lowest BCUT2D eigenvalue weighted by molar-refractivity contribution is 0.0716. The van der Waals surface area contributed by atoms with E-state index in [0.717, 1.165) is 142 Å². The highest BCUT2D eigenvalue weighted by Gasteiger charge is 2.19. The van der Waals surface area contributed by atoms with Crippen LogP contribution in [0.4, 0.5) is 0 Å². The fourth-order valence-electron chi connectivity index (χ4n) is 13.6. The van der Waals surface area contributed by atoms with Gasteiger partial charge >= 0.3 is 0 Å². The summed E-state index contributed by atoms with van der Waals surface area (Å²) in [7, 11) is 10.8. The average molecular weight is 1840 g/mol. The minimum Gasteiger partial charge on any atom is -0.388 e. The molecule has 0 atom stereocenters. The molecule has 754 valence electrons. The zero-order valence-electron chi connectivity index (χ0n) is 89.8. The molecule has 0 aromatic carbocycles. The molecule has 1 aromatic rings. The lowest BCUT2D eigenvalue weighted by atomic mass is 9.86. The molecule has 0 unspecified atom stereocenters. The summed E-state index contributed by atoms with van der Waals surface area (Å²) in [4.78, 5) is 20.6. The highest BCUT2D eigenvalue weighted by molar-refractivity contribution is 7.99. The van der Waals surface area contributed by atoms with E-state index >= 15 is 0 Å². The van der Waals surface area contributed by atoms with E-state index in [4.69, 9.17) is 53.7 Å². The molecule has 0 amide bonds. The summed E-state index contributed by atoms with van der Waals surface area (Å²) in [5.41, 5.74) is 7.74. The molecule has 1 aromatic heterocycles. The topological polar surface area (TPSA) is 282 Å². The SMILES string of the molecule is CC(=N)C1CCCCC1.CC(=N)N(C)C.CC(=N)N(C)C.CC(=N)N1CC1.CC(=N)N1CCC1.CC(=N)N1CCCC1.CC(=N)N1CCCCC1.CC(C)=N.CC1CC1.CC1CCC1.CC1CCCC1.CC1CCCCC1.CC1CCCCC1.CC1CCCCC1.CC1CCNCC1.CC1CCOCC1.CC1CCSCC1.CN=C(C)C.CN=C(C)N.Cc1cccs1. The van der Waals surface area contributed by atoms with Crippen LogP contribution >= 0.6 is 23.1 Å². The third kappa shape index (κ3) is 103. The summed E-state index contributed by atoms with van der Waals surface area (Å²) >= 11 is 3.88. The van der Waals surface area contributed by atoms with Gasteiger partial charge in [-0.25, -0.2) is 0 Å². The first-order valence-electron chi connectivity index (χ1n) is 51.7. The van der Waals surface area contributed by atoms with Crippen LogP contribution in [0.25, 0.3) is 0 Å². The number of piperidine rings is 2. The van der Waals surface area contributed by atoms with Gasteiger partial charge in [0, 0.05) is 130 Å². The van der Waals surface area contributed by atoms with Crippen molar-refractivity contribution in [1.82, 2.24) is 34.7 Å². The van der Waals surface area contributed by atoms with Crippen LogP contribution in [0, 0.1) is 109 Å². The average Bonchev–Trinajstić information content (AvgIpc) is 1.87. The number of hydrogen-bond donors (Lipinski definition) is 10. The van der Waals surface area contributed by atoms with Crippen LogP contribution in [-0.4, -0.2) is 220 Å². The number of aryl methyl sites for hydroxylation is 1. The number of hydrogen-bond acceptors (Lipinski definition) is 14. The van der Waals surface area contributed by atoms with Gasteiger partial charge in [0.1, 0.15) is 0 Å². The molecule has 8 heterocycles. The lowest BCUT2D eigenvalue weighted by Gasteiger charge is -2.31. The van der Waals surface area contributed by atoms with Gasteiger partial charge < -0.3 is 56.0 Å². The van der Waals surface area contributed by atoms with Crippen molar-refractivity contribution in [1.29, 1.82) is 43.3 Å². The van der Waals surface area contributed by atoms with Crippen molar-refractivity contribution in [2.45, 2.75) is 416 Å². The molecular weight excluding hydrogens is 1620 g/mol. The first kappa shape index (κ1) is 132. The number of thiophene rings is 1. The summed E-state index contributed by atoms with van der Waals surface area (Å²) in [6.07, 6.45) is 58.2. The summed E-state index contributed by atoms with van der Waals surface area (Å²) in [5, 5.41) is 61.6. The first-order chi connectivity index (χ1) is 60.5. The largest absolute Gasteiger partial charge is 0.388 e. The Morgan fingerprint density at radius 3 is 0.727 bits per heavy atom. The minimum absolute atomic E-state index is 0.593. The predicted octanol–water partition coefficient (Wildman–Crippen LogP) is 29.2. The Balaban J connectivity index is -0.000000416. The van der Waals surface area contributed by atoms with Crippen molar-refractivity contribution in [2.75, 3.05) is 132 Å². The maximum absolute atomic E-state index is 7.39. The molecule has 0 spiro atoms. The van der Waals surface area contributed by atoms with Crippen LogP contribution in [0.2, 0.25) is 0 Å². The molecule has 11 N–H and O–H groups in total. The monoisotopic (exact) mass is 1840 g/mol. The fourth-order valence-corrected chi connectivity index (χ4v) is 15.5. The highest BCUT2D eigenvalue weighted by atomic mass is 32.2. The van der Waals surface area contributed by atoms with Gasteiger partial charge in [0.15, 0.2) is 0 Å². The van der Waals surface area contributed by atoms with Gasteiger partial charge in [-0.2, -0.15) is 11.8 Å². The Bertz CT molecular complexity index is 2540. The molecule has 7 aliphatic heterocycles. The Morgan fingerprint density at radius 2 is 0.609 bits per heavy atom. The number of amidine groups is 7. The molecule has 0 radical (unpaired) electrons. The van der Waals surface area contributed by atoms with E-state index in [-0.39, 0.29) is 0 Å². The van der Waals surface area contributed by atoms with Crippen LogP contribution < -0.4 is 11.1 Å². The van der Waals surface area contributed by atoms with Crippen molar-refractivity contribution in [3.63, 3.8) is 0 Å². The van der Waals surface area contributed by atoms with Gasteiger partial charge in [-0.1, -0.05) is 242 Å². The van der Waals surface area contributed by atoms with Gasteiger partial charge in [0.05, 0.1) is 40.8 Å². The third-order valence-corrected chi connectivity index (χ3v) is 26.8. The van der Waals surface area contributed by atoms with E-state index < -0.39 is 0 Å². The van der Waals surface area contributed by atoms with Gasteiger partial charge in [0.2, 0.25) is 0 Å². The maximum atomic E-state index is 7.39. The van der Waals surface area contributed by atoms with Crippen molar-refractivity contribution in [3.8, 4) is 0 Å². The summed E-state index contributed by atoms with van der Waals surface area (Å²) in [6, 6.07) is 4.16. The van der Waals surface area contributed by atoms with E-state index in [1.165, 1.54) is 293 Å². The summed E-state index contributed by atoms with van der Waals surface area (Å²) in [6.45, 7) is 58.4. The van der Waals surface area contributed by atoms with E-state index in [0.29, 0.717) is 40.8 Å². The molecule has 19 nitrogen and oxygen atoms in total. The molecule has 21 heteroatoms. The summed E-state index contributed by atoms with van der Waals surface area (Å²) in [5.74, 6) is 17.3. The standard InChI is InChI=1S/C8H15N.C7H14N2.3C7H14.C6H12N2.C6H13N.C6H12O.C6H12S.C6H12.C5H10N2.C5H6S.C5H10.C4H8N2.2C4H10N2.C4H9N.C4H8.C3H8N2.C3H7N/c1-7(9)8-5-3-2-4-6-8;1-7(8)9-5-3-2-4-6-9;3*1-7-5-3-2-4-6-7;1-6(7)8-4-2-3-5-8;3*1-6-2-4-7-5-3-6;1-6-4-2-3-5-6;1-5(6)7-3-2-4-7;1-5-3-2-4-6-5;1-5-3-2-4-5;1-4(5)6-2-3-6;2*1-4(5)6(2)3;1-4(2)5-3;1-4-2-3-4;1-3(4)5-2;1-3(2)4/h8-9H,2-6H2,1H3;8H,2-6H2,1H3;3*7H,2-6H2,1H3;7H,2-5H2,1H3;6-7H,2-5H2,1H3;2*6H,2-5H2,1H3;6H,2-5H2,1H3;6H,2-4H2,1H3;2-4H,1H3;5H,2-4H2,1H3;5H,2-3H2,1H3;2*5H,1-3H3;1-3H3;4H,2-3H2,1H3;1-2H3,(H2,4,5);4H,1-2H3. The Morgan fingerprint density at radius 1 is 0.359 bits per heavy atom. The van der Waals surface area contributed by atoms with E-state index in [1.807, 2.05) is 81.6 Å². The maximum Gasteiger partial charge on any atom is 0.0927 e. The van der Waals surface area contributed by atoms with Gasteiger partial charge in [-0.15, -0.1) is 11.3 Å². The Kier molecular flexibility index (Phi) is 94.1. The lowest BCUT2D eigenvalue weighted by Crippen LogP contribution is -2.40. The fraction of sp³-hybridized carbons (Fsp3) is 0.869. The molecule has 0 bridgehead atoms. The smallest absolute Gasteiger partial charge is 0.0927 e. The van der Waals surface area contributed by atoms with Crippen molar-refractivity contribution in [3.05, 3.63) is 22.4 Å². The number of nitrogens with one attached hydrogen (secondary N) is 9. The second kappa shape index (κ2) is 91.4. The van der Waals surface area contributed by atoms with E-state index in [2.05, 4.69) is 129 Å². The first-order valence-corrected chi connectivity index (χ1v) is 53.7. The number of aliphatic imine (C=N–C) groups is 2. The molecule has 14 aliphatic rings. The summed E-state index contributed by atoms with van der Waals surface area (Å²) < 4.78 is 5.14. The predicted molar refractivity (Wildman–Crippen MR) is 580 cm³/mol. The van der Waals surface area contributed by atoms with Crippen LogP contribution in [-0.2, 0) is 4.74 Å². The Hall–Kier alpha value is -4.73. The number of likely N-dealkylation sites (tertiary alicyclic amines) is 3. The molecule has 15 rings (SSSR count). The zero-order chi connectivity index (χ0) is 97.8. The van der Waals surface area contributed by atoms with Crippen LogP contribution in [0.1, 0.15) is 414 Å². The molecular formula is C107H218N18OS2. The van der Waals surface area contributed by atoms with Crippen molar-refractivity contribution >= 4 is 81.1 Å². The number of ether oxygens (including phenoxy) is 1. The van der Waals surface area contributed by atoms with Crippen LogP contribution in [0.5, 0.6) is 0 Å². The van der Waals surface area contributed by atoms with E-state index in [9.17, 15) is 0 Å². The number of nitrogens with zero attached hydrogens (tertiary/aromatic N) is 8. The van der Waals surface area contributed by atoms with Crippen molar-refractivity contribution < 1.29 is 4.74 Å². The zero-order valence-corrected chi connectivity index (χ0v) is 91.4. The number of thioether (sulfide) groups is 1. The normalized spacial score (nSPS) is 19.4. The second-order valence-corrected chi connectivity index (χ2v) is 42.4. The Labute approximate surface area is 804 Å². The van der Waals surface area contributed by atoms with Gasteiger partial charge in [-0.3, -0.25) is 42.4 Å². The molecule has 14 fully saturated rings. The molecule has 7 saturated carbocycles. The minimum atomic E-state index is 0.593. The molecule has 7 aliphatic carbocycles. The quantitative estimate of drug-likeness (QED) is 0.0721. The van der Waals surface area contributed by atoms with Gasteiger partial charge in [-0.05, 0) is 275 Å². The van der Waals surface area contributed by atoms with Crippen LogP contribution in [0.3, 0.4) is 0 Å². The third-order valence-electron chi connectivity index (χ3n) is 24.9. The van der Waals surface area contributed by atoms with Gasteiger partial charge in [0.25, 0.3) is 0 Å². The van der Waals surface area contributed by atoms with E-state index in [1.54, 1.807) is 69.9 Å². The molecule has 128 heavy (non-hydrogen) atoms. The van der Waals surface area contributed by atoms with Crippen molar-refractivity contribution in [2.24, 2.45) is 74.9 Å².